The highest BCUT2D eigenvalue weighted by Crippen LogP contribution is 2.27. The van der Waals surface area contributed by atoms with Gasteiger partial charge in [-0.1, -0.05) is 25.1 Å². The fraction of sp³-hybridized carbons (Fsp3) is 0.294. The summed E-state index contributed by atoms with van der Waals surface area (Å²) in [5.41, 5.74) is 2.15. The summed E-state index contributed by atoms with van der Waals surface area (Å²) in [5, 5.41) is 3.43. The van der Waals surface area contributed by atoms with Crippen LogP contribution in [0.5, 0.6) is 5.75 Å². The molecule has 1 atom stereocenters. The Balaban J connectivity index is 2.31. The predicted molar refractivity (Wildman–Crippen MR) is 87.2 cm³/mol. The highest BCUT2D eigenvalue weighted by atomic mass is 79.9. The molecule has 0 amide bonds. The Labute approximate surface area is 133 Å². The van der Waals surface area contributed by atoms with Crippen LogP contribution in [0.25, 0.3) is 0 Å². The number of halogens is 2. The quantitative estimate of drug-likeness (QED) is 0.815. The van der Waals surface area contributed by atoms with Crippen molar-refractivity contribution in [2.45, 2.75) is 19.9 Å². The van der Waals surface area contributed by atoms with Crippen molar-refractivity contribution < 1.29 is 9.13 Å². The van der Waals surface area contributed by atoms with Gasteiger partial charge in [-0.25, -0.2) is 4.39 Å². The smallest absolute Gasteiger partial charge is 0.137 e. The van der Waals surface area contributed by atoms with Crippen LogP contribution in [0, 0.1) is 5.82 Å². The first-order valence-corrected chi connectivity index (χ1v) is 7.86. The van der Waals surface area contributed by atoms with Crippen molar-refractivity contribution >= 4 is 15.9 Å². The van der Waals surface area contributed by atoms with Crippen LogP contribution in [0.3, 0.4) is 0 Å². The molecule has 0 aliphatic carbocycles. The van der Waals surface area contributed by atoms with Crippen molar-refractivity contribution in [1.82, 2.24) is 5.32 Å². The Morgan fingerprint density at radius 3 is 2.33 bits per heavy atom. The first kappa shape index (κ1) is 16.0. The van der Waals surface area contributed by atoms with Gasteiger partial charge in [-0.15, -0.1) is 0 Å². The van der Waals surface area contributed by atoms with Crippen LogP contribution in [0.4, 0.5) is 4.39 Å². The maximum Gasteiger partial charge on any atom is 0.137 e. The zero-order valence-electron chi connectivity index (χ0n) is 12.2. The van der Waals surface area contributed by atoms with E-state index in [1.165, 1.54) is 6.07 Å². The van der Waals surface area contributed by atoms with E-state index in [-0.39, 0.29) is 11.9 Å². The second kappa shape index (κ2) is 7.57. The predicted octanol–water partition coefficient (Wildman–Crippen LogP) is 4.69. The van der Waals surface area contributed by atoms with Gasteiger partial charge < -0.3 is 10.1 Å². The van der Waals surface area contributed by atoms with Crippen LogP contribution in [0.1, 0.15) is 31.0 Å². The third kappa shape index (κ3) is 4.05. The average molecular weight is 352 g/mol. The molecule has 2 rings (SSSR count). The highest BCUT2D eigenvalue weighted by molar-refractivity contribution is 9.10. The summed E-state index contributed by atoms with van der Waals surface area (Å²) in [6, 6.07) is 13.1. The van der Waals surface area contributed by atoms with E-state index in [1.54, 1.807) is 0 Å². The van der Waals surface area contributed by atoms with Crippen molar-refractivity contribution in [1.29, 1.82) is 0 Å². The van der Waals surface area contributed by atoms with Gasteiger partial charge in [0.1, 0.15) is 11.6 Å². The number of hydrogen-bond donors (Lipinski definition) is 1. The molecule has 1 N–H and O–H groups in total. The van der Waals surface area contributed by atoms with E-state index in [2.05, 4.69) is 28.2 Å². The van der Waals surface area contributed by atoms with Crippen molar-refractivity contribution in [3.8, 4) is 5.75 Å². The summed E-state index contributed by atoms with van der Waals surface area (Å²) in [7, 11) is 0. The normalized spacial score (nSPS) is 12.2. The van der Waals surface area contributed by atoms with Crippen molar-refractivity contribution in [2.75, 3.05) is 13.2 Å². The molecular formula is C17H19BrFNO. The van der Waals surface area contributed by atoms with E-state index in [0.29, 0.717) is 11.1 Å². The summed E-state index contributed by atoms with van der Waals surface area (Å²) in [6.45, 7) is 5.50. The van der Waals surface area contributed by atoms with Gasteiger partial charge in [0.15, 0.2) is 0 Å². The second-order valence-electron chi connectivity index (χ2n) is 4.67. The number of hydrogen-bond acceptors (Lipinski definition) is 2. The van der Waals surface area contributed by atoms with Gasteiger partial charge in [-0.05, 0) is 64.8 Å². The monoisotopic (exact) mass is 351 g/mol. The Morgan fingerprint density at radius 2 is 1.76 bits per heavy atom. The van der Waals surface area contributed by atoms with Gasteiger partial charge in [-0.3, -0.25) is 0 Å². The van der Waals surface area contributed by atoms with Crippen molar-refractivity contribution in [3.63, 3.8) is 0 Å². The Bertz CT molecular complexity index is 586. The SMILES string of the molecule is CCNC(c1ccc(OCC)cc1)c1ccc(F)c(Br)c1. The van der Waals surface area contributed by atoms with Crippen LogP contribution in [-0.2, 0) is 0 Å². The average Bonchev–Trinajstić information content (AvgIpc) is 2.49. The van der Waals surface area contributed by atoms with Gasteiger partial charge in [0.2, 0.25) is 0 Å². The van der Waals surface area contributed by atoms with Gasteiger partial charge >= 0.3 is 0 Å². The molecule has 4 heteroatoms. The molecule has 2 aromatic carbocycles. The van der Waals surface area contributed by atoms with Crippen molar-refractivity contribution in [3.05, 3.63) is 63.9 Å². The summed E-state index contributed by atoms with van der Waals surface area (Å²) in [6.07, 6.45) is 0. The third-order valence-corrected chi connectivity index (χ3v) is 3.82. The van der Waals surface area contributed by atoms with E-state index >= 15 is 0 Å². The van der Waals surface area contributed by atoms with Gasteiger partial charge in [0.05, 0.1) is 17.1 Å². The lowest BCUT2D eigenvalue weighted by Gasteiger charge is -2.20. The van der Waals surface area contributed by atoms with Crippen LogP contribution < -0.4 is 10.1 Å². The minimum absolute atomic E-state index is 0.0302. The molecule has 0 radical (unpaired) electrons. The fourth-order valence-electron chi connectivity index (χ4n) is 2.25. The number of ether oxygens (including phenoxy) is 1. The maximum atomic E-state index is 13.4. The van der Waals surface area contributed by atoms with E-state index in [4.69, 9.17) is 4.74 Å². The molecule has 0 aliphatic heterocycles. The molecule has 0 spiro atoms. The first-order valence-electron chi connectivity index (χ1n) is 7.06. The fourth-order valence-corrected chi connectivity index (χ4v) is 2.64. The molecule has 0 aromatic heterocycles. The van der Waals surface area contributed by atoms with Crippen LogP contribution >= 0.6 is 15.9 Å². The van der Waals surface area contributed by atoms with Crippen LogP contribution in [-0.4, -0.2) is 13.2 Å². The molecule has 1 unspecified atom stereocenters. The first-order chi connectivity index (χ1) is 10.2. The van der Waals surface area contributed by atoms with Gasteiger partial charge in [0, 0.05) is 0 Å². The topological polar surface area (TPSA) is 21.3 Å². The molecule has 0 aliphatic rings. The Morgan fingerprint density at radius 1 is 1.10 bits per heavy atom. The molecule has 2 nitrogen and oxygen atoms in total. The van der Waals surface area contributed by atoms with Gasteiger partial charge in [-0.2, -0.15) is 0 Å². The minimum atomic E-state index is -0.249. The third-order valence-electron chi connectivity index (χ3n) is 3.21. The largest absolute Gasteiger partial charge is 0.494 e. The Hall–Kier alpha value is -1.39. The minimum Gasteiger partial charge on any atom is -0.494 e. The number of nitrogens with one attached hydrogen (secondary N) is 1. The molecule has 21 heavy (non-hydrogen) atoms. The zero-order valence-corrected chi connectivity index (χ0v) is 13.8. The molecule has 0 heterocycles. The van der Waals surface area contributed by atoms with Crippen LogP contribution in [0.15, 0.2) is 46.9 Å². The zero-order chi connectivity index (χ0) is 15.2. The molecule has 0 fully saturated rings. The maximum absolute atomic E-state index is 13.4. The molecule has 2 aromatic rings. The number of rotatable bonds is 6. The summed E-state index contributed by atoms with van der Waals surface area (Å²) < 4.78 is 19.3. The summed E-state index contributed by atoms with van der Waals surface area (Å²) in [5.74, 6) is 0.609. The van der Waals surface area contributed by atoms with E-state index < -0.39 is 0 Å². The second-order valence-corrected chi connectivity index (χ2v) is 5.52. The number of benzene rings is 2. The lowest BCUT2D eigenvalue weighted by atomic mass is 9.98. The molecular weight excluding hydrogens is 333 g/mol. The summed E-state index contributed by atoms with van der Waals surface area (Å²) >= 11 is 3.25. The lowest BCUT2D eigenvalue weighted by Crippen LogP contribution is -2.22. The van der Waals surface area contributed by atoms with E-state index in [1.807, 2.05) is 43.3 Å². The standard InChI is InChI=1S/C17H19BrFNO/c1-3-20-17(13-7-10-16(19)15(18)11-13)12-5-8-14(9-6-12)21-4-2/h5-11,17,20H,3-4H2,1-2H3. The summed E-state index contributed by atoms with van der Waals surface area (Å²) in [4.78, 5) is 0. The Kier molecular flexibility index (Phi) is 5.76. The lowest BCUT2D eigenvalue weighted by molar-refractivity contribution is 0.340. The molecule has 0 saturated carbocycles. The molecule has 0 bridgehead atoms. The molecule has 112 valence electrons. The van der Waals surface area contributed by atoms with Crippen LogP contribution in [0.2, 0.25) is 0 Å². The van der Waals surface area contributed by atoms with E-state index in [0.717, 1.165) is 23.4 Å². The van der Waals surface area contributed by atoms with Gasteiger partial charge in [0.25, 0.3) is 0 Å². The van der Waals surface area contributed by atoms with E-state index in [9.17, 15) is 4.39 Å². The highest BCUT2D eigenvalue weighted by Gasteiger charge is 2.14. The van der Waals surface area contributed by atoms with Crippen molar-refractivity contribution in [2.24, 2.45) is 0 Å². The molecule has 0 saturated heterocycles.